The van der Waals surface area contributed by atoms with Gasteiger partial charge in [0.25, 0.3) is 11.8 Å². The summed E-state index contributed by atoms with van der Waals surface area (Å²) in [6.07, 6.45) is 10.5. The van der Waals surface area contributed by atoms with Crippen LogP contribution in [0.25, 0.3) is 5.52 Å². The molecule has 0 spiro atoms. The van der Waals surface area contributed by atoms with Gasteiger partial charge in [0.1, 0.15) is 4.64 Å². The molecule has 0 aromatic carbocycles. The van der Waals surface area contributed by atoms with Crippen LogP contribution in [-0.4, -0.2) is 62.4 Å². The summed E-state index contributed by atoms with van der Waals surface area (Å²) in [6.45, 7) is 3.04. The van der Waals surface area contributed by atoms with Gasteiger partial charge in [-0.05, 0) is 67.9 Å². The fourth-order valence-corrected chi connectivity index (χ4v) is 5.08. The number of aromatic nitrogens is 3. The van der Waals surface area contributed by atoms with E-state index in [-0.39, 0.29) is 11.8 Å². The standard InChI is InChI=1S/C24H27N5O2S/c30-23(19-5-4-9-25-22(19)32)28-12-6-17(7-13-28)18-8-14-29-21(15-18)20(16-26-29)24(31)27-10-2-1-3-11-27/h4-5,8-9,14-17H,1-3,6-7,10-13H2,(H,25,32). The summed E-state index contributed by atoms with van der Waals surface area (Å²) in [7, 11) is 0. The lowest BCUT2D eigenvalue weighted by Gasteiger charge is -2.32. The molecule has 0 atom stereocenters. The topological polar surface area (TPSA) is 73.7 Å². The van der Waals surface area contributed by atoms with Gasteiger partial charge in [-0.25, -0.2) is 4.52 Å². The monoisotopic (exact) mass is 449 g/mol. The fourth-order valence-electron chi connectivity index (χ4n) is 4.86. The number of H-pyrrole nitrogens is 1. The molecule has 32 heavy (non-hydrogen) atoms. The summed E-state index contributed by atoms with van der Waals surface area (Å²) in [4.78, 5) is 32.7. The van der Waals surface area contributed by atoms with Crippen LogP contribution in [0.1, 0.15) is 64.3 Å². The van der Waals surface area contributed by atoms with E-state index in [1.165, 1.54) is 12.0 Å². The average Bonchev–Trinajstić information content (AvgIpc) is 3.27. The molecule has 1 N–H and O–H groups in total. The highest BCUT2D eigenvalue weighted by Crippen LogP contribution is 2.30. The van der Waals surface area contributed by atoms with Crippen molar-refractivity contribution in [3.63, 3.8) is 0 Å². The molecule has 3 aromatic heterocycles. The number of fused-ring (bicyclic) bond motifs is 1. The average molecular weight is 450 g/mol. The van der Waals surface area contributed by atoms with Gasteiger partial charge >= 0.3 is 0 Å². The molecular weight excluding hydrogens is 422 g/mol. The van der Waals surface area contributed by atoms with E-state index in [4.69, 9.17) is 12.2 Å². The molecule has 5 rings (SSSR count). The first-order valence-electron chi connectivity index (χ1n) is 11.4. The number of pyridine rings is 2. The summed E-state index contributed by atoms with van der Waals surface area (Å²) in [6, 6.07) is 7.78. The van der Waals surface area contributed by atoms with E-state index in [1.807, 2.05) is 16.0 Å². The molecule has 166 valence electrons. The largest absolute Gasteiger partial charge is 0.352 e. The summed E-state index contributed by atoms with van der Waals surface area (Å²) >= 11 is 5.27. The summed E-state index contributed by atoms with van der Waals surface area (Å²) in [5.74, 6) is 0.421. The van der Waals surface area contributed by atoms with E-state index in [1.54, 1.807) is 29.0 Å². The second-order valence-electron chi connectivity index (χ2n) is 8.68. The lowest BCUT2D eigenvalue weighted by atomic mass is 9.89. The second kappa shape index (κ2) is 8.86. The normalized spacial score (nSPS) is 17.6. The Kier molecular flexibility index (Phi) is 5.78. The Bertz CT molecular complexity index is 1200. The maximum absolute atomic E-state index is 13.1. The highest BCUT2D eigenvalue weighted by atomic mass is 32.1. The minimum atomic E-state index is -0.00837. The Hall–Kier alpha value is -3.00. The second-order valence-corrected chi connectivity index (χ2v) is 9.09. The summed E-state index contributed by atoms with van der Waals surface area (Å²) < 4.78 is 2.27. The predicted molar refractivity (Wildman–Crippen MR) is 124 cm³/mol. The van der Waals surface area contributed by atoms with Crippen LogP contribution in [0.3, 0.4) is 0 Å². The van der Waals surface area contributed by atoms with E-state index in [0.717, 1.165) is 44.3 Å². The first-order valence-corrected chi connectivity index (χ1v) is 11.8. The number of likely N-dealkylation sites (tertiary alicyclic amines) is 2. The molecule has 5 heterocycles. The van der Waals surface area contributed by atoms with Gasteiger partial charge in [-0.15, -0.1) is 0 Å². The molecule has 2 amide bonds. The summed E-state index contributed by atoms with van der Waals surface area (Å²) in [5.41, 5.74) is 3.31. The van der Waals surface area contributed by atoms with E-state index >= 15 is 0 Å². The molecule has 8 heteroatoms. The zero-order chi connectivity index (χ0) is 22.1. The first-order chi connectivity index (χ1) is 15.6. The SMILES string of the molecule is O=C(c1ccc[nH]c1=S)N1CCC(c2ccn3ncc(C(=O)N4CCCCC4)c3c2)CC1. The number of nitrogens with one attached hydrogen (secondary N) is 1. The maximum atomic E-state index is 13.1. The van der Waals surface area contributed by atoms with Crippen molar-refractivity contribution < 1.29 is 9.59 Å². The number of carbonyl (C=O) groups excluding carboxylic acids is 2. The third kappa shape index (κ3) is 3.95. The van der Waals surface area contributed by atoms with E-state index in [2.05, 4.69) is 22.2 Å². The van der Waals surface area contributed by atoms with Crippen LogP contribution in [0.15, 0.2) is 42.9 Å². The van der Waals surface area contributed by atoms with Gasteiger partial charge in [-0.3, -0.25) is 9.59 Å². The Morgan fingerprint density at radius 3 is 2.44 bits per heavy atom. The minimum absolute atomic E-state index is 0.00837. The summed E-state index contributed by atoms with van der Waals surface area (Å²) in [5, 5.41) is 4.40. The van der Waals surface area contributed by atoms with Crippen molar-refractivity contribution in [2.75, 3.05) is 26.2 Å². The lowest BCUT2D eigenvalue weighted by Crippen LogP contribution is -2.38. The molecule has 2 aliphatic heterocycles. The number of rotatable bonds is 3. The Labute approximate surface area is 192 Å². The fraction of sp³-hybridized carbons (Fsp3) is 0.417. The van der Waals surface area contributed by atoms with Crippen LogP contribution in [0.5, 0.6) is 0 Å². The Morgan fingerprint density at radius 1 is 0.969 bits per heavy atom. The van der Waals surface area contributed by atoms with Crippen LogP contribution < -0.4 is 0 Å². The number of hydrogen-bond donors (Lipinski definition) is 1. The zero-order valence-corrected chi connectivity index (χ0v) is 18.8. The number of amides is 2. The van der Waals surface area contributed by atoms with Crippen LogP contribution in [-0.2, 0) is 0 Å². The van der Waals surface area contributed by atoms with Crippen LogP contribution >= 0.6 is 12.2 Å². The molecule has 2 aliphatic rings. The molecule has 3 aromatic rings. The van der Waals surface area contributed by atoms with Crippen LogP contribution in [0.4, 0.5) is 0 Å². The number of nitrogens with zero attached hydrogens (tertiary/aromatic N) is 4. The van der Waals surface area contributed by atoms with Crippen molar-refractivity contribution in [1.29, 1.82) is 0 Å². The molecule has 0 saturated carbocycles. The molecular formula is C24H27N5O2S. The smallest absolute Gasteiger partial charge is 0.257 e. The third-order valence-electron chi connectivity index (χ3n) is 6.72. The van der Waals surface area contributed by atoms with Gasteiger partial charge in [0, 0.05) is 38.6 Å². The molecule has 0 bridgehead atoms. The highest BCUT2D eigenvalue weighted by Gasteiger charge is 2.26. The van der Waals surface area contributed by atoms with Crippen molar-refractivity contribution in [3.8, 4) is 0 Å². The number of aromatic amines is 1. The van der Waals surface area contributed by atoms with Crippen molar-refractivity contribution in [2.24, 2.45) is 0 Å². The Balaban J connectivity index is 1.31. The van der Waals surface area contributed by atoms with Gasteiger partial charge in [0.2, 0.25) is 0 Å². The van der Waals surface area contributed by atoms with Crippen molar-refractivity contribution in [1.82, 2.24) is 24.4 Å². The van der Waals surface area contributed by atoms with E-state index in [0.29, 0.717) is 34.8 Å². The van der Waals surface area contributed by atoms with Gasteiger partial charge in [0.15, 0.2) is 0 Å². The molecule has 2 saturated heterocycles. The number of hydrogen-bond acceptors (Lipinski definition) is 4. The third-order valence-corrected chi connectivity index (χ3v) is 7.06. The molecule has 0 unspecified atom stereocenters. The van der Waals surface area contributed by atoms with Crippen molar-refractivity contribution in [3.05, 3.63) is 64.2 Å². The van der Waals surface area contributed by atoms with E-state index in [9.17, 15) is 9.59 Å². The molecule has 0 radical (unpaired) electrons. The number of piperidine rings is 2. The van der Waals surface area contributed by atoms with Crippen molar-refractivity contribution in [2.45, 2.75) is 38.0 Å². The van der Waals surface area contributed by atoms with Crippen LogP contribution in [0.2, 0.25) is 0 Å². The number of carbonyl (C=O) groups is 2. The first kappa shape index (κ1) is 20.9. The quantitative estimate of drug-likeness (QED) is 0.613. The maximum Gasteiger partial charge on any atom is 0.257 e. The predicted octanol–water partition coefficient (Wildman–Crippen LogP) is 4.04. The highest BCUT2D eigenvalue weighted by molar-refractivity contribution is 7.71. The molecule has 0 aliphatic carbocycles. The van der Waals surface area contributed by atoms with Gasteiger partial charge < -0.3 is 14.8 Å². The van der Waals surface area contributed by atoms with Crippen LogP contribution in [0, 0.1) is 4.64 Å². The minimum Gasteiger partial charge on any atom is -0.352 e. The lowest BCUT2D eigenvalue weighted by molar-refractivity contribution is 0.0708. The molecule has 7 nitrogen and oxygen atoms in total. The zero-order valence-electron chi connectivity index (χ0n) is 18.0. The Morgan fingerprint density at radius 2 is 1.69 bits per heavy atom. The van der Waals surface area contributed by atoms with Gasteiger partial charge in [-0.2, -0.15) is 5.10 Å². The van der Waals surface area contributed by atoms with Gasteiger partial charge in [-0.1, -0.05) is 12.2 Å². The van der Waals surface area contributed by atoms with Gasteiger partial charge in [0.05, 0.1) is 22.8 Å². The van der Waals surface area contributed by atoms with E-state index < -0.39 is 0 Å². The van der Waals surface area contributed by atoms with Crippen molar-refractivity contribution >= 4 is 29.5 Å². The molecule has 2 fully saturated rings.